The number of rotatable bonds is 0. The first-order valence-corrected chi connectivity index (χ1v) is 4.40. The van der Waals surface area contributed by atoms with E-state index in [1.54, 1.807) is 0 Å². The zero-order chi connectivity index (χ0) is 4.24. The Balaban J connectivity index is 3.00. The van der Waals surface area contributed by atoms with E-state index in [2.05, 4.69) is 14.2 Å². The fourth-order valence-corrected chi connectivity index (χ4v) is 1.93. The van der Waals surface area contributed by atoms with E-state index >= 15 is 0 Å². The highest BCUT2D eigenvalue weighted by Crippen LogP contribution is 2.09. The van der Waals surface area contributed by atoms with Gasteiger partial charge in [0.05, 0.1) is 0 Å². The minimum absolute atomic E-state index is 0.762. The molecule has 0 atom stereocenters. The Morgan fingerprint density at radius 1 is 1.00 bits per heavy atom. The fraction of sp³-hybridized carbons (Fsp3) is 0. The Morgan fingerprint density at radius 2 is 2.00 bits per heavy atom. The van der Waals surface area contributed by atoms with Gasteiger partial charge < -0.3 is 0 Å². The molecule has 0 spiro atoms. The lowest BCUT2D eigenvalue weighted by Gasteiger charge is -1.64. The van der Waals surface area contributed by atoms with Gasteiger partial charge in [-0.25, -0.2) is 0 Å². The molecule has 0 aliphatic carbocycles. The van der Waals surface area contributed by atoms with Gasteiger partial charge in [0, 0.05) is 0 Å². The van der Waals surface area contributed by atoms with Crippen LogP contribution in [0.3, 0.4) is 0 Å². The molecule has 0 fully saturated rings. The molecule has 1 rings (SSSR count). The molecule has 0 N–H and O–H groups in total. The first-order chi connectivity index (χ1) is 3.00. The summed E-state index contributed by atoms with van der Waals surface area (Å²) < 4.78 is 3.85. The maximum atomic E-state index is 3.85. The summed E-state index contributed by atoms with van der Waals surface area (Å²) >= 11 is 0. The molecule has 1 aromatic rings. The molecular formula is N3P3. The van der Waals surface area contributed by atoms with E-state index in [-0.39, 0.29) is 0 Å². The molecule has 0 aliphatic heterocycles. The number of aromatic nitrogens is 3. The van der Waals surface area contributed by atoms with Gasteiger partial charge in [0.25, 0.3) is 0 Å². The summed E-state index contributed by atoms with van der Waals surface area (Å²) in [4.78, 5) is 7.24. The predicted molar refractivity (Wildman–Crippen MR) is 27.4 cm³/mol. The second-order valence-corrected chi connectivity index (χ2v) is 3.22. The molecule has 6 heteroatoms. The smallest absolute Gasteiger partial charge is 0.179 e. The third kappa shape index (κ3) is 1.18. The molecule has 0 radical (unpaired) electrons. The van der Waals surface area contributed by atoms with Crippen molar-refractivity contribution in [2.75, 3.05) is 0 Å². The van der Waals surface area contributed by atoms with Crippen LogP contribution in [0.1, 0.15) is 0 Å². The van der Waals surface area contributed by atoms with Crippen molar-refractivity contribution in [2.24, 2.45) is 0 Å². The average molecular weight is 135 g/mol. The summed E-state index contributed by atoms with van der Waals surface area (Å²) in [7, 11) is 2.74. The molecule has 1 aromatic heterocycles. The summed E-state index contributed by atoms with van der Waals surface area (Å²) in [5, 5.41) is 0. The molecule has 1 heterocycles. The molecule has 0 aliphatic rings. The summed E-state index contributed by atoms with van der Waals surface area (Å²) in [5.74, 6) is 0. The van der Waals surface area contributed by atoms with E-state index in [4.69, 9.17) is 0 Å². The summed E-state index contributed by atoms with van der Waals surface area (Å²) in [6.45, 7) is 0. The fourth-order valence-electron chi connectivity index (χ4n) is 0.107. The molecule has 30 valence electrons. The zero-order valence-corrected chi connectivity index (χ0v) is 5.37. The van der Waals surface area contributed by atoms with Gasteiger partial charge in [0.1, 0.15) is 16.1 Å². The molecular weight excluding hydrogens is 135 g/mol. The van der Waals surface area contributed by atoms with E-state index < -0.39 is 0 Å². The van der Waals surface area contributed by atoms with Crippen molar-refractivity contribution in [1.82, 2.24) is 14.2 Å². The second kappa shape index (κ2) is 2.47. The van der Waals surface area contributed by atoms with Crippen LogP contribution in [0, 0.1) is 0 Å². The normalized spacial score (nSPS) is 12.0. The van der Waals surface area contributed by atoms with Crippen molar-refractivity contribution in [3.63, 3.8) is 0 Å². The molecule has 3 nitrogen and oxygen atoms in total. The van der Waals surface area contributed by atoms with Gasteiger partial charge in [-0.2, -0.15) is 4.51 Å². The molecule has 0 saturated heterocycles. The van der Waals surface area contributed by atoms with Crippen LogP contribution in [0.2, 0.25) is 0 Å². The average Bonchev–Trinajstić information content (AvgIpc) is 1.72. The van der Waals surface area contributed by atoms with Crippen LogP contribution in [0.25, 0.3) is 0 Å². The molecule has 0 unspecified atom stereocenters. The van der Waals surface area contributed by atoms with Crippen LogP contribution in [0.15, 0.2) is 0 Å². The van der Waals surface area contributed by atoms with Crippen LogP contribution in [0.5, 0.6) is 0 Å². The summed E-state index contributed by atoms with van der Waals surface area (Å²) in [6.07, 6.45) is 0. The highest BCUT2D eigenvalue weighted by atomic mass is 31.8. The molecule has 0 amide bonds. The van der Waals surface area contributed by atoms with E-state index in [0.29, 0.717) is 0 Å². The van der Waals surface area contributed by atoms with Crippen molar-refractivity contribution in [3.05, 3.63) is 0 Å². The Hall–Kier alpha value is 0.300. The second-order valence-electron chi connectivity index (χ2n) is 0.537. The predicted octanol–water partition coefficient (Wildman–Crippen LogP) is 1.61. The van der Waals surface area contributed by atoms with E-state index in [9.17, 15) is 0 Å². The zero-order valence-electron chi connectivity index (χ0n) is 2.68. The van der Waals surface area contributed by atoms with Gasteiger partial charge >= 0.3 is 0 Å². The monoisotopic (exact) mass is 135 g/mol. The van der Waals surface area contributed by atoms with Crippen LogP contribution in [-0.2, 0) is 0 Å². The lowest BCUT2D eigenvalue weighted by molar-refractivity contribution is 1.25. The van der Waals surface area contributed by atoms with Gasteiger partial charge in [-0.3, -0.25) is 0 Å². The summed E-state index contributed by atoms with van der Waals surface area (Å²) in [5.41, 5.74) is 0. The maximum Gasteiger partial charge on any atom is 0.183 e. The van der Waals surface area contributed by atoms with Crippen molar-refractivity contribution in [3.8, 4) is 0 Å². The van der Waals surface area contributed by atoms with Gasteiger partial charge in [-0.15, -0.1) is 9.72 Å². The number of hydrogen-bond donors (Lipinski definition) is 0. The quantitative estimate of drug-likeness (QED) is 0.542. The van der Waals surface area contributed by atoms with E-state index in [0.717, 1.165) is 24.6 Å². The largest absolute Gasteiger partial charge is 0.183 e. The Bertz CT molecular complexity index is 78.0. The van der Waals surface area contributed by atoms with Crippen molar-refractivity contribution in [1.29, 1.82) is 0 Å². The van der Waals surface area contributed by atoms with Crippen LogP contribution in [0.4, 0.5) is 0 Å². The van der Waals surface area contributed by atoms with Crippen molar-refractivity contribution >= 4 is 24.6 Å². The lowest BCUT2D eigenvalue weighted by atomic mass is 13.2. The van der Waals surface area contributed by atoms with Crippen LogP contribution < -0.4 is 0 Å². The van der Waals surface area contributed by atoms with Gasteiger partial charge in [0.15, 0.2) is 8.51 Å². The third-order valence-corrected chi connectivity index (χ3v) is 2.64. The number of nitrogens with zero attached hydrogens (tertiary/aromatic N) is 3. The first kappa shape index (κ1) is 4.46. The van der Waals surface area contributed by atoms with Crippen molar-refractivity contribution < 1.29 is 0 Å². The molecule has 0 bridgehead atoms. The standard InChI is InChI=1S/N3P3/c1-2-5-6-3-4-1. The van der Waals surface area contributed by atoms with E-state index in [1.807, 2.05) is 0 Å². The number of hydrogen-bond acceptors (Lipinski definition) is 3. The Labute approximate surface area is 39.7 Å². The molecule has 6 heavy (non-hydrogen) atoms. The first-order valence-electron chi connectivity index (χ1n) is 1.20. The molecule has 0 saturated carbocycles. The summed E-state index contributed by atoms with van der Waals surface area (Å²) in [6, 6.07) is 0. The minimum atomic E-state index is 0.762. The van der Waals surface area contributed by atoms with Crippen LogP contribution >= 0.6 is 24.6 Å². The van der Waals surface area contributed by atoms with Gasteiger partial charge in [-0.05, 0) is 0 Å². The Kier molecular flexibility index (Phi) is 1.83. The van der Waals surface area contributed by atoms with Crippen molar-refractivity contribution in [2.45, 2.75) is 0 Å². The highest BCUT2D eigenvalue weighted by molar-refractivity contribution is 7.87. The maximum absolute atomic E-state index is 3.85. The topological polar surface area (TPSA) is 38.7 Å². The Morgan fingerprint density at radius 3 is 2.17 bits per heavy atom. The van der Waals surface area contributed by atoms with Crippen LogP contribution in [-0.4, -0.2) is 14.2 Å². The highest BCUT2D eigenvalue weighted by Gasteiger charge is 1.64. The van der Waals surface area contributed by atoms with E-state index in [1.165, 1.54) is 0 Å². The third-order valence-electron chi connectivity index (χ3n) is 0.240. The SMILES string of the molecule is n1nppnp1. The van der Waals surface area contributed by atoms with Gasteiger partial charge in [0.2, 0.25) is 0 Å². The van der Waals surface area contributed by atoms with Gasteiger partial charge in [-0.1, -0.05) is 0 Å². The lowest BCUT2D eigenvalue weighted by Crippen LogP contribution is -1.55. The minimum Gasteiger partial charge on any atom is -0.179 e. The molecule has 0 aromatic carbocycles.